The van der Waals surface area contributed by atoms with E-state index in [1.165, 1.54) is 0 Å². The highest BCUT2D eigenvalue weighted by Gasteiger charge is 1.91. The first kappa shape index (κ1) is 8.25. The first-order valence-corrected chi connectivity index (χ1v) is 2.83. The van der Waals surface area contributed by atoms with Crippen LogP contribution in [-0.4, -0.2) is 0 Å². The SMILES string of the molecule is C=C/C=C(/N)C(=C)OP. The number of rotatable bonds is 3. The summed E-state index contributed by atoms with van der Waals surface area (Å²) in [4.78, 5) is 0. The van der Waals surface area contributed by atoms with Gasteiger partial charge in [-0.2, -0.15) is 0 Å². The highest BCUT2D eigenvalue weighted by Crippen LogP contribution is 2.05. The summed E-state index contributed by atoms with van der Waals surface area (Å²) < 4.78 is 4.65. The van der Waals surface area contributed by atoms with Crippen LogP contribution in [0.5, 0.6) is 0 Å². The van der Waals surface area contributed by atoms with Crippen molar-refractivity contribution in [2.24, 2.45) is 5.73 Å². The van der Waals surface area contributed by atoms with Crippen LogP contribution in [0.3, 0.4) is 0 Å². The van der Waals surface area contributed by atoms with Gasteiger partial charge in [0, 0.05) is 0 Å². The quantitative estimate of drug-likeness (QED) is 0.367. The number of nitrogens with two attached hydrogens (primary N) is 1. The van der Waals surface area contributed by atoms with Crippen molar-refractivity contribution in [3.63, 3.8) is 0 Å². The van der Waals surface area contributed by atoms with Crippen LogP contribution in [-0.2, 0) is 4.52 Å². The molecular formula is C6H10NOP. The van der Waals surface area contributed by atoms with Crippen LogP contribution >= 0.6 is 9.47 Å². The summed E-state index contributed by atoms with van der Waals surface area (Å²) in [6, 6.07) is 0. The van der Waals surface area contributed by atoms with Crippen LogP contribution in [0.15, 0.2) is 36.8 Å². The molecule has 0 saturated carbocycles. The largest absolute Gasteiger partial charge is 0.479 e. The van der Waals surface area contributed by atoms with E-state index in [0.29, 0.717) is 11.5 Å². The van der Waals surface area contributed by atoms with Crippen molar-refractivity contribution in [2.75, 3.05) is 0 Å². The Balaban J connectivity index is 4.01. The Morgan fingerprint density at radius 3 is 2.56 bits per heavy atom. The van der Waals surface area contributed by atoms with Gasteiger partial charge in [-0.1, -0.05) is 19.2 Å². The number of hydrogen-bond acceptors (Lipinski definition) is 2. The first-order valence-electron chi connectivity index (χ1n) is 2.36. The molecule has 0 aromatic heterocycles. The van der Waals surface area contributed by atoms with Gasteiger partial charge in [-0.3, -0.25) is 0 Å². The first-order chi connectivity index (χ1) is 4.22. The van der Waals surface area contributed by atoms with Crippen molar-refractivity contribution >= 4 is 9.47 Å². The average molecular weight is 143 g/mol. The lowest BCUT2D eigenvalue weighted by atomic mass is 10.4. The van der Waals surface area contributed by atoms with Gasteiger partial charge in [0.15, 0.2) is 0 Å². The molecule has 0 amide bonds. The molecule has 0 rings (SSSR count). The van der Waals surface area contributed by atoms with E-state index in [2.05, 4.69) is 27.1 Å². The van der Waals surface area contributed by atoms with Crippen molar-refractivity contribution in [2.45, 2.75) is 0 Å². The van der Waals surface area contributed by atoms with E-state index in [4.69, 9.17) is 5.73 Å². The Labute approximate surface area is 57.4 Å². The van der Waals surface area contributed by atoms with E-state index >= 15 is 0 Å². The van der Waals surface area contributed by atoms with Crippen LogP contribution in [0.1, 0.15) is 0 Å². The van der Waals surface area contributed by atoms with Gasteiger partial charge >= 0.3 is 0 Å². The molecule has 0 spiro atoms. The fourth-order valence-electron chi connectivity index (χ4n) is 0.288. The molecule has 0 aliphatic heterocycles. The maximum atomic E-state index is 5.39. The van der Waals surface area contributed by atoms with Crippen LogP contribution < -0.4 is 5.73 Å². The van der Waals surface area contributed by atoms with Crippen LogP contribution in [0.4, 0.5) is 0 Å². The van der Waals surface area contributed by atoms with E-state index in [-0.39, 0.29) is 0 Å². The van der Waals surface area contributed by atoms with E-state index in [1.54, 1.807) is 12.2 Å². The fourth-order valence-corrected chi connectivity index (χ4v) is 0.424. The Morgan fingerprint density at radius 1 is 1.67 bits per heavy atom. The summed E-state index contributed by atoms with van der Waals surface area (Å²) in [6.45, 7) is 6.97. The zero-order valence-corrected chi connectivity index (χ0v) is 6.29. The van der Waals surface area contributed by atoms with Gasteiger partial charge < -0.3 is 10.3 Å². The Hall–Kier alpha value is -0.750. The molecule has 0 aromatic rings. The van der Waals surface area contributed by atoms with Gasteiger partial charge in [0.05, 0.1) is 15.2 Å². The Bertz CT molecular complexity index is 151. The third-order valence-corrected chi connectivity index (χ3v) is 1.05. The molecule has 0 fully saturated rings. The molecule has 0 aliphatic rings. The molecule has 0 heterocycles. The smallest absolute Gasteiger partial charge is 0.138 e. The summed E-state index contributed by atoms with van der Waals surface area (Å²) >= 11 is 0. The second-order valence-electron chi connectivity index (χ2n) is 1.40. The van der Waals surface area contributed by atoms with Crippen molar-refractivity contribution < 1.29 is 4.52 Å². The molecular weight excluding hydrogens is 133 g/mol. The lowest BCUT2D eigenvalue weighted by molar-refractivity contribution is 0.511. The van der Waals surface area contributed by atoms with Crippen molar-refractivity contribution in [1.82, 2.24) is 0 Å². The monoisotopic (exact) mass is 143 g/mol. The van der Waals surface area contributed by atoms with Crippen molar-refractivity contribution in [3.05, 3.63) is 36.8 Å². The molecule has 0 bridgehead atoms. The fraction of sp³-hybridized carbons (Fsp3) is 0. The van der Waals surface area contributed by atoms with Crippen LogP contribution in [0, 0.1) is 0 Å². The molecule has 1 atom stereocenters. The van der Waals surface area contributed by atoms with E-state index < -0.39 is 0 Å². The molecule has 50 valence electrons. The van der Waals surface area contributed by atoms with E-state index in [1.807, 2.05) is 0 Å². The minimum Gasteiger partial charge on any atom is -0.479 e. The lowest BCUT2D eigenvalue weighted by Gasteiger charge is -2.00. The molecule has 2 N–H and O–H groups in total. The van der Waals surface area contributed by atoms with Crippen LogP contribution in [0.2, 0.25) is 0 Å². The molecule has 9 heavy (non-hydrogen) atoms. The summed E-state index contributed by atoms with van der Waals surface area (Å²) in [7, 11) is 2.06. The average Bonchev–Trinajstić information content (AvgIpc) is 1.87. The van der Waals surface area contributed by atoms with Crippen molar-refractivity contribution in [3.8, 4) is 0 Å². The predicted octanol–water partition coefficient (Wildman–Crippen LogP) is 1.34. The van der Waals surface area contributed by atoms with Gasteiger partial charge in [0.25, 0.3) is 0 Å². The second kappa shape index (κ2) is 4.16. The normalized spacial score (nSPS) is 10.6. The summed E-state index contributed by atoms with van der Waals surface area (Å²) in [6.07, 6.45) is 3.19. The van der Waals surface area contributed by atoms with Gasteiger partial charge in [-0.05, 0) is 6.08 Å². The highest BCUT2D eigenvalue weighted by atomic mass is 31.0. The molecule has 0 aliphatic carbocycles. The summed E-state index contributed by atoms with van der Waals surface area (Å²) in [5, 5.41) is 0. The van der Waals surface area contributed by atoms with Crippen LogP contribution in [0.25, 0.3) is 0 Å². The molecule has 3 heteroatoms. The summed E-state index contributed by atoms with van der Waals surface area (Å²) in [5.74, 6) is 0.430. The number of allylic oxidation sites excluding steroid dienone is 2. The van der Waals surface area contributed by atoms with E-state index in [9.17, 15) is 0 Å². The third kappa shape index (κ3) is 2.94. The standard InChI is InChI=1S/C6H10NOP/c1-3-4-6(7)5(2)8-9/h3-4H,1-2,7,9H2/b6-4+. The molecule has 0 aromatic carbocycles. The Morgan fingerprint density at radius 2 is 2.22 bits per heavy atom. The lowest BCUT2D eigenvalue weighted by Crippen LogP contribution is -1.98. The maximum Gasteiger partial charge on any atom is 0.138 e. The minimum absolute atomic E-state index is 0.430. The molecule has 1 unspecified atom stereocenters. The summed E-state index contributed by atoms with van der Waals surface area (Å²) in [5.41, 5.74) is 5.88. The zero-order chi connectivity index (χ0) is 7.28. The van der Waals surface area contributed by atoms with E-state index in [0.717, 1.165) is 0 Å². The van der Waals surface area contributed by atoms with Gasteiger partial charge in [-0.25, -0.2) is 0 Å². The zero-order valence-electron chi connectivity index (χ0n) is 5.13. The van der Waals surface area contributed by atoms with Crippen molar-refractivity contribution in [1.29, 1.82) is 0 Å². The van der Waals surface area contributed by atoms with Gasteiger partial charge in [0.2, 0.25) is 0 Å². The van der Waals surface area contributed by atoms with Gasteiger partial charge in [-0.15, -0.1) is 0 Å². The molecule has 0 saturated heterocycles. The molecule has 2 nitrogen and oxygen atoms in total. The maximum absolute atomic E-state index is 5.39. The topological polar surface area (TPSA) is 35.2 Å². The highest BCUT2D eigenvalue weighted by molar-refractivity contribution is 7.10. The Kier molecular flexibility index (Phi) is 3.81. The number of hydrogen-bond donors (Lipinski definition) is 1. The second-order valence-corrected chi connectivity index (χ2v) is 1.63. The third-order valence-electron chi connectivity index (χ3n) is 0.762. The predicted molar refractivity (Wildman–Crippen MR) is 42.4 cm³/mol. The minimum atomic E-state index is 0.430. The molecule has 0 radical (unpaired) electrons. The van der Waals surface area contributed by atoms with Gasteiger partial charge in [0.1, 0.15) is 5.76 Å².